The molecule has 1 amide bonds. The van der Waals surface area contributed by atoms with Crippen LogP contribution in [-0.2, 0) is 6.42 Å². The van der Waals surface area contributed by atoms with Gasteiger partial charge in [-0.2, -0.15) is 9.06 Å². The maximum atomic E-state index is 13.1. The van der Waals surface area contributed by atoms with Gasteiger partial charge in [0.2, 0.25) is 5.13 Å². The van der Waals surface area contributed by atoms with E-state index in [2.05, 4.69) is 19.7 Å². The van der Waals surface area contributed by atoms with Gasteiger partial charge in [0.15, 0.2) is 0 Å². The van der Waals surface area contributed by atoms with Crippen LogP contribution in [0.15, 0.2) is 24.3 Å². The molecule has 1 unspecified atom stereocenters. The van der Waals surface area contributed by atoms with E-state index in [0.717, 1.165) is 11.4 Å². The molecule has 1 aliphatic heterocycles. The summed E-state index contributed by atoms with van der Waals surface area (Å²) in [7, 11) is 0. The second-order valence-electron chi connectivity index (χ2n) is 5.89. The Bertz CT molecular complexity index is 935. The van der Waals surface area contributed by atoms with Gasteiger partial charge < -0.3 is 4.90 Å². The molecule has 0 spiro atoms. The number of carbonyl (C=O) groups is 1. The van der Waals surface area contributed by atoms with Crippen molar-refractivity contribution in [2.45, 2.75) is 26.3 Å². The number of hydrogen-bond donors (Lipinski definition) is 0. The minimum Gasteiger partial charge on any atom is -0.330 e. The number of aromatic nitrogens is 5. The third-order valence-electron chi connectivity index (χ3n) is 4.30. The van der Waals surface area contributed by atoms with Crippen LogP contribution in [0.5, 0.6) is 0 Å². The van der Waals surface area contributed by atoms with Gasteiger partial charge in [-0.1, -0.05) is 5.21 Å². The van der Waals surface area contributed by atoms with E-state index in [1.807, 2.05) is 13.8 Å². The molecule has 0 aliphatic carbocycles. The zero-order valence-electron chi connectivity index (χ0n) is 13.7. The fourth-order valence-corrected chi connectivity index (χ4v) is 3.65. The molecule has 1 atom stereocenters. The zero-order chi connectivity index (χ0) is 17.6. The van der Waals surface area contributed by atoms with Crippen LogP contribution in [0.25, 0.3) is 5.13 Å². The third-order valence-corrected chi connectivity index (χ3v) is 5.08. The van der Waals surface area contributed by atoms with Crippen molar-refractivity contribution in [3.8, 4) is 5.13 Å². The molecule has 1 aromatic carbocycles. The van der Waals surface area contributed by atoms with Crippen LogP contribution in [0.2, 0.25) is 0 Å². The average molecular weight is 358 g/mol. The third kappa shape index (κ3) is 2.70. The van der Waals surface area contributed by atoms with E-state index in [1.165, 1.54) is 35.8 Å². The zero-order valence-corrected chi connectivity index (χ0v) is 14.5. The molecular weight excluding hydrogens is 343 g/mol. The van der Waals surface area contributed by atoms with Crippen molar-refractivity contribution in [3.05, 3.63) is 52.9 Å². The Kier molecular flexibility index (Phi) is 3.79. The Balaban J connectivity index is 1.63. The number of fused-ring (bicyclic) bond motifs is 1. The van der Waals surface area contributed by atoms with Crippen molar-refractivity contribution in [2.75, 3.05) is 6.54 Å². The van der Waals surface area contributed by atoms with Gasteiger partial charge >= 0.3 is 0 Å². The van der Waals surface area contributed by atoms with Crippen LogP contribution in [0, 0.1) is 12.7 Å². The van der Waals surface area contributed by atoms with Crippen molar-refractivity contribution in [1.29, 1.82) is 0 Å². The summed E-state index contributed by atoms with van der Waals surface area (Å²) in [5, 5.41) is 9.14. The highest BCUT2D eigenvalue weighted by Crippen LogP contribution is 2.30. The number of amides is 1. The Morgan fingerprint density at radius 3 is 2.76 bits per heavy atom. The van der Waals surface area contributed by atoms with Crippen molar-refractivity contribution in [3.63, 3.8) is 0 Å². The summed E-state index contributed by atoms with van der Waals surface area (Å²) in [6.45, 7) is 4.29. The molecule has 4 rings (SSSR count). The largest absolute Gasteiger partial charge is 0.330 e. The summed E-state index contributed by atoms with van der Waals surface area (Å²) in [6, 6.07) is 5.37. The number of carbonyl (C=O) groups excluding carboxylic acids is 1. The van der Waals surface area contributed by atoms with Crippen molar-refractivity contribution in [1.82, 2.24) is 29.3 Å². The van der Waals surface area contributed by atoms with E-state index in [9.17, 15) is 9.18 Å². The Hall–Kier alpha value is -2.68. The van der Waals surface area contributed by atoms with Crippen LogP contribution in [0.1, 0.15) is 40.5 Å². The summed E-state index contributed by atoms with van der Waals surface area (Å²) < 4.78 is 19.0. The first-order valence-electron chi connectivity index (χ1n) is 7.86. The number of nitrogens with zero attached hydrogens (tertiary/aromatic N) is 6. The van der Waals surface area contributed by atoms with Crippen LogP contribution < -0.4 is 0 Å². The fraction of sp³-hybridized carbons (Fsp3) is 0.312. The summed E-state index contributed by atoms with van der Waals surface area (Å²) >= 11 is 1.27. The first-order chi connectivity index (χ1) is 12.0. The summed E-state index contributed by atoms with van der Waals surface area (Å²) in [4.78, 5) is 18.8. The molecule has 1 aliphatic rings. The number of rotatable bonds is 2. The molecular formula is C16H15FN6OS. The first kappa shape index (κ1) is 15.8. The van der Waals surface area contributed by atoms with E-state index in [0.29, 0.717) is 29.5 Å². The molecule has 25 heavy (non-hydrogen) atoms. The van der Waals surface area contributed by atoms with Gasteiger partial charge in [0.25, 0.3) is 5.91 Å². The first-order valence-corrected chi connectivity index (χ1v) is 8.63. The lowest BCUT2D eigenvalue weighted by molar-refractivity contribution is 0.0672. The molecule has 0 saturated carbocycles. The van der Waals surface area contributed by atoms with Crippen molar-refractivity contribution < 1.29 is 9.18 Å². The van der Waals surface area contributed by atoms with E-state index >= 15 is 0 Å². The lowest BCUT2D eigenvalue weighted by Gasteiger charge is -2.32. The quantitative estimate of drug-likeness (QED) is 0.703. The van der Waals surface area contributed by atoms with Crippen LogP contribution in [0.3, 0.4) is 0 Å². The number of aryl methyl sites for hydroxylation is 1. The van der Waals surface area contributed by atoms with Gasteiger partial charge in [-0.15, -0.1) is 5.10 Å². The molecule has 3 heterocycles. The van der Waals surface area contributed by atoms with Crippen LogP contribution in [0.4, 0.5) is 4.39 Å². The van der Waals surface area contributed by atoms with Gasteiger partial charge in [0, 0.05) is 30.1 Å². The van der Waals surface area contributed by atoms with Crippen molar-refractivity contribution in [2.24, 2.45) is 0 Å². The monoisotopic (exact) mass is 358 g/mol. The van der Waals surface area contributed by atoms with Crippen LogP contribution in [-0.4, -0.2) is 41.7 Å². The summed E-state index contributed by atoms with van der Waals surface area (Å²) in [5.74, 6) is 0.196. The second-order valence-corrected chi connectivity index (χ2v) is 6.62. The summed E-state index contributed by atoms with van der Waals surface area (Å²) in [5.41, 5.74) is 2.17. The highest BCUT2D eigenvalue weighted by molar-refractivity contribution is 7.08. The highest BCUT2D eigenvalue weighted by atomic mass is 32.1. The second kappa shape index (κ2) is 5.99. The minimum absolute atomic E-state index is 0.139. The van der Waals surface area contributed by atoms with Gasteiger partial charge in [-0.3, -0.25) is 4.79 Å². The molecule has 0 fully saturated rings. The van der Waals surface area contributed by atoms with Gasteiger partial charge in [-0.25, -0.2) is 9.37 Å². The SMILES string of the molecule is Cc1nsc(-n2nnc3c2CCN(C(=O)c2ccc(F)cc2)C3C)n1. The Labute approximate surface area is 147 Å². The number of halogens is 1. The number of benzene rings is 1. The maximum absolute atomic E-state index is 13.1. The smallest absolute Gasteiger partial charge is 0.254 e. The normalized spacial score (nSPS) is 16.8. The molecule has 0 saturated heterocycles. The molecule has 0 N–H and O–H groups in total. The molecule has 0 radical (unpaired) electrons. The predicted molar refractivity (Wildman–Crippen MR) is 89.1 cm³/mol. The van der Waals surface area contributed by atoms with E-state index < -0.39 is 0 Å². The lowest BCUT2D eigenvalue weighted by atomic mass is 10.0. The lowest BCUT2D eigenvalue weighted by Crippen LogP contribution is -2.39. The van der Waals surface area contributed by atoms with Crippen molar-refractivity contribution >= 4 is 17.4 Å². The molecule has 3 aromatic rings. The maximum Gasteiger partial charge on any atom is 0.254 e. The van der Waals surface area contributed by atoms with Gasteiger partial charge in [-0.05, 0) is 38.1 Å². The molecule has 2 aromatic heterocycles. The molecule has 128 valence electrons. The van der Waals surface area contributed by atoms with Gasteiger partial charge in [0.1, 0.15) is 17.3 Å². The van der Waals surface area contributed by atoms with E-state index in [4.69, 9.17) is 0 Å². The van der Waals surface area contributed by atoms with Gasteiger partial charge in [0.05, 0.1) is 11.7 Å². The fourth-order valence-electron chi connectivity index (χ4n) is 3.00. The summed E-state index contributed by atoms with van der Waals surface area (Å²) in [6.07, 6.45) is 0.623. The molecule has 0 bridgehead atoms. The minimum atomic E-state index is -0.360. The Morgan fingerprint density at radius 1 is 1.32 bits per heavy atom. The van der Waals surface area contributed by atoms with E-state index in [-0.39, 0.29) is 17.8 Å². The van der Waals surface area contributed by atoms with Crippen LogP contribution >= 0.6 is 11.5 Å². The Morgan fingerprint density at radius 2 is 2.08 bits per heavy atom. The highest BCUT2D eigenvalue weighted by Gasteiger charge is 2.33. The number of hydrogen-bond acceptors (Lipinski definition) is 6. The molecule has 7 nitrogen and oxygen atoms in total. The predicted octanol–water partition coefficient (Wildman–Crippen LogP) is 2.33. The average Bonchev–Trinajstić information content (AvgIpc) is 3.21. The topological polar surface area (TPSA) is 76.8 Å². The van der Waals surface area contributed by atoms with E-state index in [1.54, 1.807) is 9.58 Å². The molecule has 9 heteroatoms. The standard InChI is InChI=1S/C16H15FN6OS/c1-9-14-13(23(21-19-14)16-18-10(2)20-25-16)7-8-22(9)15(24)11-3-5-12(17)6-4-11/h3-6,9H,7-8H2,1-2H3.